The molecule has 1 heterocycles. The molecule has 6 heteroatoms. The summed E-state index contributed by atoms with van der Waals surface area (Å²) in [6.45, 7) is 0.760. The van der Waals surface area contributed by atoms with Crippen LogP contribution >= 0.6 is 12.2 Å². The quantitative estimate of drug-likeness (QED) is 0.817. The van der Waals surface area contributed by atoms with Crippen molar-refractivity contribution in [3.05, 3.63) is 24.3 Å². The van der Waals surface area contributed by atoms with Crippen LogP contribution in [0.25, 0.3) is 0 Å². The number of methoxy groups -OCH3 is 1. The van der Waals surface area contributed by atoms with Gasteiger partial charge in [0.05, 0.1) is 7.11 Å². The van der Waals surface area contributed by atoms with Crippen LogP contribution < -0.4 is 15.8 Å². The second kappa shape index (κ2) is 5.88. The Hall–Kier alpha value is -1.82. The summed E-state index contributed by atoms with van der Waals surface area (Å²) in [5.41, 5.74) is 6.23. The number of thiocarbonyl (C=S) groups is 1. The van der Waals surface area contributed by atoms with Crippen molar-refractivity contribution in [3.63, 3.8) is 0 Å². The third-order valence-electron chi connectivity index (χ3n) is 3.18. The maximum atomic E-state index is 11.3. The number of amides is 1. The number of ether oxygens (including phenoxy) is 1. The normalized spacial score (nSPS) is 18.2. The average Bonchev–Trinajstić information content (AvgIpc) is 2.89. The van der Waals surface area contributed by atoms with Gasteiger partial charge in [-0.15, -0.1) is 0 Å². The minimum absolute atomic E-state index is 0.293. The highest BCUT2D eigenvalue weighted by molar-refractivity contribution is 7.80. The largest absolute Gasteiger partial charge is 0.497 e. The van der Waals surface area contributed by atoms with Gasteiger partial charge in [0.15, 0.2) is 5.11 Å². The summed E-state index contributed by atoms with van der Waals surface area (Å²) in [6, 6.07) is 7.15. The molecule has 0 unspecified atom stereocenters. The molecule has 5 nitrogen and oxygen atoms in total. The van der Waals surface area contributed by atoms with Gasteiger partial charge in [-0.25, -0.2) is 0 Å². The molecule has 1 aliphatic rings. The number of carbonyl (C=O) groups is 1. The van der Waals surface area contributed by atoms with Gasteiger partial charge in [-0.2, -0.15) is 0 Å². The topological polar surface area (TPSA) is 67.6 Å². The fourth-order valence-electron chi connectivity index (χ4n) is 2.18. The molecule has 2 rings (SSSR count). The lowest BCUT2D eigenvalue weighted by Crippen LogP contribution is -2.45. The van der Waals surface area contributed by atoms with E-state index >= 15 is 0 Å². The van der Waals surface area contributed by atoms with E-state index in [4.69, 9.17) is 22.7 Å². The van der Waals surface area contributed by atoms with E-state index in [1.165, 1.54) is 0 Å². The third-order valence-corrected chi connectivity index (χ3v) is 3.52. The van der Waals surface area contributed by atoms with Crippen molar-refractivity contribution in [1.82, 2.24) is 4.90 Å². The lowest BCUT2D eigenvalue weighted by Gasteiger charge is -2.25. The molecule has 1 atom stereocenters. The molecule has 1 fully saturated rings. The summed E-state index contributed by atoms with van der Waals surface area (Å²) in [5, 5.41) is 3.65. The molecule has 19 heavy (non-hydrogen) atoms. The molecule has 3 N–H and O–H groups in total. The van der Waals surface area contributed by atoms with Crippen molar-refractivity contribution in [2.45, 2.75) is 18.9 Å². The Balaban J connectivity index is 2.01. The molecular weight excluding hydrogens is 262 g/mol. The van der Waals surface area contributed by atoms with Crippen LogP contribution in [0.4, 0.5) is 5.69 Å². The highest BCUT2D eigenvalue weighted by Crippen LogP contribution is 2.20. The lowest BCUT2D eigenvalue weighted by atomic mass is 10.2. The van der Waals surface area contributed by atoms with Crippen LogP contribution in [-0.4, -0.2) is 35.6 Å². The smallest absolute Gasteiger partial charge is 0.240 e. The van der Waals surface area contributed by atoms with Crippen LogP contribution in [-0.2, 0) is 4.79 Å². The number of hydrogen-bond acceptors (Lipinski definition) is 3. The van der Waals surface area contributed by atoms with Crippen molar-refractivity contribution in [2.75, 3.05) is 19.0 Å². The van der Waals surface area contributed by atoms with E-state index in [0.29, 0.717) is 5.11 Å². The van der Waals surface area contributed by atoms with E-state index in [1.807, 2.05) is 29.2 Å². The van der Waals surface area contributed by atoms with Gasteiger partial charge in [-0.3, -0.25) is 4.79 Å². The van der Waals surface area contributed by atoms with Gasteiger partial charge in [0.2, 0.25) is 5.91 Å². The minimum atomic E-state index is -0.323. The molecule has 1 aliphatic heterocycles. The molecule has 1 amide bonds. The van der Waals surface area contributed by atoms with Crippen molar-refractivity contribution >= 4 is 28.9 Å². The van der Waals surface area contributed by atoms with Crippen LogP contribution in [0.5, 0.6) is 5.75 Å². The Kier molecular flexibility index (Phi) is 4.21. The summed E-state index contributed by atoms with van der Waals surface area (Å²) >= 11 is 5.33. The molecule has 0 radical (unpaired) electrons. The minimum Gasteiger partial charge on any atom is -0.497 e. The Morgan fingerprint density at radius 1 is 1.47 bits per heavy atom. The van der Waals surface area contributed by atoms with Gasteiger partial charge in [-0.05, 0) is 49.3 Å². The number of anilines is 1. The number of rotatable bonds is 3. The molecule has 0 bridgehead atoms. The number of nitrogens with two attached hydrogens (primary N) is 1. The van der Waals surface area contributed by atoms with Gasteiger partial charge >= 0.3 is 0 Å². The maximum absolute atomic E-state index is 11.3. The standard InChI is InChI=1S/C13H17N3O2S/c1-18-10-6-4-9(5-7-10)15-13(19)16-8-2-3-11(16)12(14)17/h4-7,11H,2-3,8H2,1H3,(H2,14,17)(H,15,19)/t11-/m1/s1. The van der Waals surface area contributed by atoms with E-state index < -0.39 is 0 Å². The summed E-state index contributed by atoms with van der Waals surface area (Å²) in [7, 11) is 1.62. The summed E-state index contributed by atoms with van der Waals surface area (Å²) in [4.78, 5) is 13.2. The van der Waals surface area contributed by atoms with Gasteiger partial charge < -0.3 is 20.7 Å². The van der Waals surface area contributed by atoms with Gasteiger partial charge in [0, 0.05) is 12.2 Å². The summed E-state index contributed by atoms with van der Waals surface area (Å²) < 4.78 is 5.09. The molecule has 1 aromatic carbocycles. The number of primary amides is 1. The first kappa shape index (κ1) is 13.6. The zero-order chi connectivity index (χ0) is 13.8. The van der Waals surface area contributed by atoms with E-state index in [1.54, 1.807) is 7.11 Å². The van der Waals surface area contributed by atoms with Gasteiger partial charge in [0.25, 0.3) is 0 Å². The molecule has 0 aliphatic carbocycles. The van der Waals surface area contributed by atoms with Crippen LogP contribution in [0.1, 0.15) is 12.8 Å². The molecule has 0 saturated carbocycles. The zero-order valence-corrected chi connectivity index (χ0v) is 11.6. The Labute approximate surface area is 117 Å². The third kappa shape index (κ3) is 3.14. The van der Waals surface area contributed by atoms with E-state index in [2.05, 4.69) is 5.32 Å². The van der Waals surface area contributed by atoms with E-state index in [-0.39, 0.29) is 11.9 Å². The molecular formula is C13H17N3O2S. The number of nitrogens with zero attached hydrogens (tertiary/aromatic N) is 1. The Morgan fingerprint density at radius 2 is 2.16 bits per heavy atom. The fraction of sp³-hybridized carbons (Fsp3) is 0.385. The van der Waals surface area contributed by atoms with Gasteiger partial charge in [-0.1, -0.05) is 0 Å². The maximum Gasteiger partial charge on any atom is 0.240 e. The lowest BCUT2D eigenvalue weighted by molar-refractivity contribution is -0.121. The van der Waals surface area contributed by atoms with E-state index in [9.17, 15) is 4.79 Å². The van der Waals surface area contributed by atoms with Crippen molar-refractivity contribution < 1.29 is 9.53 Å². The molecule has 102 valence electrons. The van der Waals surface area contributed by atoms with Crippen LogP contribution in [0, 0.1) is 0 Å². The molecule has 1 aromatic rings. The predicted octanol–water partition coefficient (Wildman–Crippen LogP) is 1.34. The SMILES string of the molecule is COc1ccc(NC(=S)N2CCC[C@@H]2C(N)=O)cc1. The summed E-state index contributed by atoms with van der Waals surface area (Å²) in [5.74, 6) is 0.462. The fourth-order valence-corrected chi connectivity index (χ4v) is 2.51. The highest BCUT2D eigenvalue weighted by Gasteiger charge is 2.30. The van der Waals surface area contributed by atoms with Crippen molar-refractivity contribution in [2.24, 2.45) is 5.73 Å². The first-order valence-electron chi connectivity index (χ1n) is 6.13. The number of likely N-dealkylation sites (tertiary alicyclic amines) is 1. The highest BCUT2D eigenvalue weighted by atomic mass is 32.1. The van der Waals surface area contributed by atoms with Crippen LogP contribution in [0.15, 0.2) is 24.3 Å². The van der Waals surface area contributed by atoms with Gasteiger partial charge in [0.1, 0.15) is 11.8 Å². The van der Waals surface area contributed by atoms with Crippen LogP contribution in [0.3, 0.4) is 0 Å². The first-order valence-corrected chi connectivity index (χ1v) is 6.53. The van der Waals surface area contributed by atoms with Crippen molar-refractivity contribution in [1.29, 1.82) is 0 Å². The number of nitrogens with one attached hydrogen (secondary N) is 1. The number of carbonyl (C=O) groups excluding carboxylic acids is 1. The Bertz CT molecular complexity index is 475. The molecule has 0 spiro atoms. The first-order chi connectivity index (χ1) is 9.11. The Morgan fingerprint density at radius 3 is 2.74 bits per heavy atom. The predicted molar refractivity (Wildman–Crippen MR) is 78.1 cm³/mol. The van der Waals surface area contributed by atoms with E-state index in [0.717, 1.165) is 30.8 Å². The molecule has 1 saturated heterocycles. The second-order valence-corrected chi connectivity index (χ2v) is 4.80. The number of benzene rings is 1. The molecule has 0 aromatic heterocycles. The number of hydrogen-bond donors (Lipinski definition) is 2. The average molecular weight is 279 g/mol. The van der Waals surface area contributed by atoms with Crippen LogP contribution in [0.2, 0.25) is 0 Å². The monoisotopic (exact) mass is 279 g/mol. The van der Waals surface area contributed by atoms with Crippen molar-refractivity contribution in [3.8, 4) is 5.75 Å². The zero-order valence-electron chi connectivity index (χ0n) is 10.8. The second-order valence-electron chi connectivity index (χ2n) is 4.41. The summed E-state index contributed by atoms with van der Waals surface area (Å²) in [6.07, 6.45) is 1.69.